The molecule has 0 atom stereocenters. The molecule has 2 heterocycles. The second-order valence-corrected chi connectivity index (χ2v) is 3.93. The summed E-state index contributed by atoms with van der Waals surface area (Å²) in [4.78, 5) is 17.7. The number of aromatic nitrogens is 1. The predicted octanol–water partition coefficient (Wildman–Crippen LogP) is 1.46. The number of carbonyl (C=O) groups excluding carboxylic acids is 1. The van der Waals surface area contributed by atoms with Crippen molar-refractivity contribution in [3.05, 3.63) is 30.1 Å². The van der Waals surface area contributed by atoms with Gasteiger partial charge in [-0.15, -0.1) is 0 Å². The molecule has 1 fully saturated rings. The number of nitriles is 1. The fourth-order valence-corrected chi connectivity index (χ4v) is 1.89. The van der Waals surface area contributed by atoms with Gasteiger partial charge in [-0.1, -0.05) is 0 Å². The third-order valence-corrected chi connectivity index (χ3v) is 2.89. The number of likely N-dealkylation sites (tertiary alicyclic amines) is 1. The summed E-state index contributed by atoms with van der Waals surface area (Å²) in [5.74, 6) is 0.153. The van der Waals surface area contributed by atoms with Crippen LogP contribution < -0.4 is 0 Å². The summed E-state index contributed by atoms with van der Waals surface area (Å²) in [5, 5.41) is 8.77. The van der Waals surface area contributed by atoms with Crippen molar-refractivity contribution in [1.82, 2.24) is 9.88 Å². The van der Waals surface area contributed by atoms with Crippen molar-refractivity contribution in [1.29, 1.82) is 5.26 Å². The van der Waals surface area contributed by atoms with Crippen LogP contribution >= 0.6 is 0 Å². The Kier molecular flexibility index (Phi) is 3.16. The van der Waals surface area contributed by atoms with Crippen molar-refractivity contribution in [2.24, 2.45) is 5.92 Å². The molecule has 0 unspecified atom stereocenters. The Hall–Kier alpha value is -1.89. The molecule has 4 heteroatoms. The molecule has 0 radical (unpaired) electrons. The smallest absolute Gasteiger partial charge is 0.253 e. The summed E-state index contributed by atoms with van der Waals surface area (Å²) < 4.78 is 0. The molecule has 0 N–H and O–H groups in total. The zero-order valence-corrected chi connectivity index (χ0v) is 8.97. The van der Waals surface area contributed by atoms with Gasteiger partial charge in [0.2, 0.25) is 0 Å². The SMILES string of the molecule is N#CC1CCN(C(=O)c2ccncc2)CC1. The molecule has 1 aliphatic rings. The van der Waals surface area contributed by atoms with Crippen LogP contribution in [0.4, 0.5) is 0 Å². The van der Waals surface area contributed by atoms with Gasteiger partial charge < -0.3 is 4.90 Å². The topological polar surface area (TPSA) is 57.0 Å². The van der Waals surface area contributed by atoms with E-state index in [4.69, 9.17) is 5.26 Å². The molecular formula is C12H13N3O. The molecule has 1 aromatic rings. The fraction of sp³-hybridized carbons (Fsp3) is 0.417. The van der Waals surface area contributed by atoms with Gasteiger partial charge in [-0.25, -0.2) is 0 Å². The van der Waals surface area contributed by atoms with Crippen LogP contribution in [0.3, 0.4) is 0 Å². The third-order valence-electron chi connectivity index (χ3n) is 2.89. The Morgan fingerprint density at radius 3 is 2.56 bits per heavy atom. The highest BCUT2D eigenvalue weighted by molar-refractivity contribution is 5.94. The highest BCUT2D eigenvalue weighted by atomic mass is 16.2. The third kappa shape index (κ3) is 2.19. The number of amides is 1. The van der Waals surface area contributed by atoms with Crippen molar-refractivity contribution < 1.29 is 4.79 Å². The summed E-state index contributed by atoms with van der Waals surface area (Å²) in [6.45, 7) is 1.36. The highest BCUT2D eigenvalue weighted by Gasteiger charge is 2.23. The Balaban J connectivity index is 2.00. The van der Waals surface area contributed by atoms with Crippen molar-refractivity contribution in [3.8, 4) is 6.07 Å². The predicted molar refractivity (Wildman–Crippen MR) is 58.5 cm³/mol. The van der Waals surface area contributed by atoms with E-state index in [1.165, 1.54) is 0 Å². The van der Waals surface area contributed by atoms with Crippen LogP contribution in [0.25, 0.3) is 0 Å². The van der Waals surface area contributed by atoms with E-state index in [9.17, 15) is 4.79 Å². The van der Waals surface area contributed by atoms with Gasteiger partial charge in [0.1, 0.15) is 0 Å². The van der Waals surface area contributed by atoms with Gasteiger partial charge >= 0.3 is 0 Å². The minimum Gasteiger partial charge on any atom is -0.339 e. The summed E-state index contributed by atoms with van der Waals surface area (Å²) in [6, 6.07) is 5.70. The largest absolute Gasteiger partial charge is 0.339 e. The van der Waals surface area contributed by atoms with Crippen molar-refractivity contribution in [3.63, 3.8) is 0 Å². The number of rotatable bonds is 1. The fourth-order valence-electron chi connectivity index (χ4n) is 1.89. The molecule has 0 bridgehead atoms. The van der Waals surface area contributed by atoms with E-state index in [1.54, 1.807) is 24.5 Å². The first kappa shape index (κ1) is 10.6. The maximum atomic E-state index is 12.0. The van der Waals surface area contributed by atoms with Gasteiger partial charge in [0, 0.05) is 37.0 Å². The lowest BCUT2D eigenvalue weighted by molar-refractivity contribution is 0.0707. The first-order chi connectivity index (χ1) is 7.81. The standard InChI is InChI=1S/C12H13N3O/c13-9-10-3-7-15(8-4-10)12(16)11-1-5-14-6-2-11/h1-2,5-6,10H,3-4,7-8H2. The molecule has 16 heavy (non-hydrogen) atoms. The first-order valence-corrected chi connectivity index (χ1v) is 5.40. The van der Waals surface area contributed by atoms with Crippen molar-refractivity contribution >= 4 is 5.91 Å². The summed E-state index contributed by atoms with van der Waals surface area (Å²) in [7, 11) is 0. The van der Waals surface area contributed by atoms with E-state index in [0.717, 1.165) is 12.8 Å². The molecule has 82 valence electrons. The maximum absolute atomic E-state index is 12.0. The van der Waals surface area contributed by atoms with Crippen LogP contribution in [-0.2, 0) is 0 Å². The lowest BCUT2D eigenvalue weighted by Crippen LogP contribution is -2.38. The van der Waals surface area contributed by atoms with Crippen LogP contribution in [-0.4, -0.2) is 28.9 Å². The second-order valence-electron chi connectivity index (χ2n) is 3.93. The van der Waals surface area contributed by atoms with E-state index in [-0.39, 0.29) is 11.8 Å². The first-order valence-electron chi connectivity index (χ1n) is 5.40. The van der Waals surface area contributed by atoms with Crippen molar-refractivity contribution in [2.75, 3.05) is 13.1 Å². The molecular weight excluding hydrogens is 202 g/mol. The highest BCUT2D eigenvalue weighted by Crippen LogP contribution is 2.17. The number of piperidine rings is 1. The molecule has 4 nitrogen and oxygen atoms in total. The normalized spacial score (nSPS) is 16.8. The minimum atomic E-state index is 0.0405. The molecule has 1 aliphatic heterocycles. The Morgan fingerprint density at radius 1 is 1.38 bits per heavy atom. The zero-order valence-electron chi connectivity index (χ0n) is 8.97. The Morgan fingerprint density at radius 2 is 2.00 bits per heavy atom. The van der Waals surface area contributed by atoms with Gasteiger partial charge in [0.25, 0.3) is 5.91 Å². The average Bonchev–Trinajstić information content (AvgIpc) is 2.39. The monoisotopic (exact) mass is 215 g/mol. The van der Waals surface area contributed by atoms with Crippen LogP contribution in [0, 0.1) is 17.2 Å². The van der Waals surface area contributed by atoms with Crippen LogP contribution in [0.15, 0.2) is 24.5 Å². The van der Waals surface area contributed by atoms with Gasteiger partial charge in [-0.05, 0) is 25.0 Å². The summed E-state index contributed by atoms with van der Waals surface area (Å²) in [5.41, 5.74) is 0.672. The number of carbonyl (C=O) groups is 1. The lowest BCUT2D eigenvalue weighted by Gasteiger charge is -2.29. The van der Waals surface area contributed by atoms with Crippen LogP contribution in [0.1, 0.15) is 23.2 Å². The lowest BCUT2D eigenvalue weighted by atomic mass is 9.98. The molecule has 0 saturated carbocycles. The number of hydrogen-bond acceptors (Lipinski definition) is 3. The minimum absolute atomic E-state index is 0.0405. The van der Waals surface area contributed by atoms with Gasteiger partial charge in [-0.2, -0.15) is 5.26 Å². The maximum Gasteiger partial charge on any atom is 0.253 e. The van der Waals surface area contributed by atoms with Crippen LogP contribution in [0.2, 0.25) is 0 Å². The second kappa shape index (κ2) is 4.75. The van der Waals surface area contributed by atoms with Crippen molar-refractivity contribution in [2.45, 2.75) is 12.8 Å². The number of nitrogens with zero attached hydrogens (tertiary/aromatic N) is 3. The van der Waals surface area contributed by atoms with E-state index in [0.29, 0.717) is 18.7 Å². The molecule has 0 aliphatic carbocycles. The molecule has 2 rings (SSSR count). The average molecular weight is 215 g/mol. The van der Waals surface area contributed by atoms with Gasteiger partial charge in [-0.3, -0.25) is 9.78 Å². The quantitative estimate of drug-likeness (QED) is 0.712. The summed E-state index contributed by atoms with van der Waals surface area (Å²) in [6.07, 6.45) is 4.81. The van der Waals surface area contributed by atoms with E-state index < -0.39 is 0 Å². The number of pyridine rings is 1. The van der Waals surface area contributed by atoms with E-state index >= 15 is 0 Å². The Bertz CT molecular complexity index is 402. The molecule has 1 saturated heterocycles. The van der Waals surface area contributed by atoms with E-state index in [1.807, 2.05) is 4.90 Å². The van der Waals surface area contributed by atoms with Gasteiger partial charge in [0.05, 0.1) is 6.07 Å². The molecule has 0 spiro atoms. The summed E-state index contributed by atoms with van der Waals surface area (Å²) >= 11 is 0. The number of hydrogen-bond donors (Lipinski definition) is 0. The van der Waals surface area contributed by atoms with Gasteiger partial charge in [0.15, 0.2) is 0 Å². The van der Waals surface area contributed by atoms with Crippen LogP contribution in [0.5, 0.6) is 0 Å². The van der Waals surface area contributed by atoms with E-state index in [2.05, 4.69) is 11.1 Å². The Labute approximate surface area is 94.5 Å². The molecule has 0 aromatic carbocycles. The molecule has 1 amide bonds. The zero-order chi connectivity index (χ0) is 11.4. The molecule has 1 aromatic heterocycles.